The summed E-state index contributed by atoms with van der Waals surface area (Å²) in [5.74, 6) is -0.186. The van der Waals surface area contributed by atoms with Crippen LogP contribution in [0, 0.1) is 0 Å². The maximum absolute atomic E-state index is 12.0. The number of carbonyl (C=O) groups excluding carboxylic acids is 1. The van der Waals surface area contributed by atoms with Gasteiger partial charge in [0.05, 0.1) is 11.9 Å². The van der Waals surface area contributed by atoms with Crippen molar-refractivity contribution in [3.63, 3.8) is 0 Å². The molecule has 0 aliphatic heterocycles. The first-order chi connectivity index (χ1) is 9.54. The number of nitrogen functional groups attached to an aromatic ring is 1. The van der Waals surface area contributed by atoms with Gasteiger partial charge in [0, 0.05) is 10.5 Å². The van der Waals surface area contributed by atoms with Gasteiger partial charge in [0.15, 0.2) is 0 Å². The van der Waals surface area contributed by atoms with Crippen molar-refractivity contribution in [2.24, 2.45) is 0 Å². The number of hydrogen-bond donors (Lipinski definition) is 2. The highest BCUT2D eigenvalue weighted by atomic mass is 79.9. The van der Waals surface area contributed by atoms with E-state index in [0.717, 1.165) is 10.9 Å². The first-order valence-electron chi connectivity index (χ1n) is 6.31. The minimum absolute atomic E-state index is 0.0306. The van der Waals surface area contributed by atoms with Crippen LogP contribution in [0.3, 0.4) is 0 Å². The van der Waals surface area contributed by atoms with E-state index in [2.05, 4.69) is 26.2 Å². The summed E-state index contributed by atoms with van der Waals surface area (Å²) in [6, 6.07) is 11.4. The predicted molar refractivity (Wildman–Crippen MR) is 83.4 cm³/mol. The average molecular weight is 334 g/mol. The molecule has 3 N–H and O–H groups in total. The van der Waals surface area contributed by atoms with Crippen molar-refractivity contribution in [1.82, 2.24) is 10.3 Å². The van der Waals surface area contributed by atoms with Gasteiger partial charge in [-0.1, -0.05) is 28.1 Å². The Bertz CT molecular complexity index is 581. The van der Waals surface area contributed by atoms with Gasteiger partial charge in [-0.05, 0) is 43.2 Å². The first kappa shape index (κ1) is 14.5. The van der Waals surface area contributed by atoms with E-state index in [-0.39, 0.29) is 11.9 Å². The highest BCUT2D eigenvalue weighted by Crippen LogP contribution is 2.12. The molecule has 0 saturated heterocycles. The van der Waals surface area contributed by atoms with Crippen LogP contribution in [0.25, 0.3) is 0 Å². The number of anilines is 1. The van der Waals surface area contributed by atoms with Crippen LogP contribution in [0.2, 0.25) is 0 Å². The third-order valence-corrected chi connectivity index (χ3v) is 3.38. The Hall–Kier alpha value is -1.88. The summed E-state index contributed by atoms with van der Waals surface area (Å²) >= 11 is 3.40. The quantitative estimate of drug-likeness (QED) is 0.903. The fraction of sp³-hybridized carbons (Fsp3) is 0.200. The second-order valence-electron chi connectivity index (χ2n) is 4.68. The average Bonchev–Trinajstić information content (AvgIpc) is 2.42. The van der Waals surface area contributed by atoms with Gasteiger partial charge in [0.2, 0.25) is 0 Å². The van der Waals surface area contributed by atoms with E-state index >= 15 is 0 Å². The van der Waals surface area contributed by atoms with Crippen molar-refractivity contribution in [3.05, 3.63) is 58.3 Å². The van der Waals surface area contributed by atoms with Crippen molar-refractivity contribution in [2.45, 2.75) is 19.4 Å². The molecule has 1 unspecified atom stereocenters. The molecule has 0 saturated carbocycles. The van der Waals surface area contributed by atoms with Crippen LogP contribution >= 0.6 is 15.9 Å². The minimum atomic E-state index is -0.186. The topological polar surface area (TPSA) is 68.0 Å². The number of pyridine rings is 1. The summed E-state index contributed by atoms with van der Waals surface area (Å²) in [6.07, 6.45) is 2.25. The standard InChI is InChI=1S/C15H16BrN3O/c1-10(8-11-2-4-12(16)5-3-11)19-15(20)14-7-6-13(17)9-18-14/h2-7,9-10H,8,17H2,1H3,(H,19,20). The number of nitrogens with one attached hydrogen (secondary N) is 1. The molecule has 1 heterocycles. The summed E-state index contributed by atoms with van der Waals surface area (Å²) < 4.78 is 1.05. The fourth-order valence-corrected chi connectivity index (χ4v) is 2.13. The van der Waals surface area contributed by atoms with E-state index in [4.69, 9.17) is 5.73 Å². The van der Waals surface area contributed by atoms with Gasteiger partial charge in [-0.2, -0.15) is 0 Å². The Morgan fingerprint density at radius 1 is 1.30 bits per heavy atom. The van der Waals surface area contributed by atoms with Crippen LogP contribution in [0.1, 0.15) is 23.0 Å². The van der Waals surface area contributed by atoms with Crippen LogP contribution < -0.4 is 11.1 Å². The maximum Gasteiger partial charge on any atom is 0.270 e. The van der Waals surface area contributed by atoms with E-state index in [1.165, 1.54) is 11.8 Å². The number of carbonyl (C=O) groups is 1. The third kappa shape index (κ3) is 4.06. The fourth-order valence-electron chi connectivity index (χ4n) is 1.86. The van der Waals surface area contributed by atoms with Crippen molar-refractivity contribution in [1.29, 1.82) is 0 Å². The van der Waals surface area contributed by atoms with Gasteiger partial charge >= 0.3 is 0 Å². The maximum atomic E-state index is 12.0. The summed E-state index contributed by atoms with van der Waals surface area (Å²) in [4.78, 5) is 16.0. The van der Waals surface area contributed by atoms with Crippen molar-refractivity contribution >= 4 is 27.5 Å². The number of hydrogen-bond acceptors (Lipinski definition) is 3. The third-order valence-electron chi connectivity index (χ3n) is 2.85. The summed E-state index contributed by atoms with van der Waals surface area (Å²) in [6.45, 7) is 1.97. The van der Waals surface area contributed by atoms with E-state index in [1.807, 2.05) is 31.2 Å². The largest absolute Gasteiger partial charge is 0.397 e. The second-order valence-corrected chi connectivity index (χ2v) is 5.60. The van der Waals surface area contributed by atoms with Crippen molar-refractivity contribution in [2.75, 3.05) is 5.73 Å². The van der Waals surface area contributed by atoms with Crippen LogP contribution in [-0.4, -0.2) is 16.9 Å². The van der Waals surface area contributed by atoms with E-state index < -0.39 is 0 Å². The zero-order valence-corrected chi connectivity index (χ0v) is 12.7. The van der Waals surface area contributed by atoms with Crippen molar-refractivity contribution in [3.8, 4) is 0 Å². The van der Waals surface area contributed by atoms with E-state index in [0.29, 0.717) is 11.4 Å². The summed E-state index contributed by atoms with van der Waals surface area (Å²) in [5, 5.41) is 2.92. The van der Waals surface area contributed by atoms with Gasteiger partial charge in [-0.15, -0.1) is 0 Å². The number of aromatic nitrogens is 1. The highest BCUT2D eigenvalue weighted by Gasteiger charge is 2.11. The van der Waals surface area contributed by atoms with Gasteiger partial charge in [0.1, 0.15) is 5.69 Å². The summed E-state index contributed by atoms with van der Waals surface area (Å²) in [5.41, 5.74) is 7.64. The lowest BCUT2D eigenvalue weighted by atomic mass is 10.1. The van der Waals surface area contributed by atoms with Gasteiger partial charge in [-0.3, -0.25) is 4.79 Å². The van der Waals surface area contributed by atoms with Crippen LogP contribution in [-0.2, 0) is 6.42 Å². The lowest BCUT2D eigenvalue weighted by Crippen LogP contribution is -2.34. The molecule has 0 spiro atoms. The Kier molecular flexibility index (Phi) is 4.74. The molecule has 0 bridgehead atoms. The zero-order valence-electron chi connectivity index (χ0n) is 11.1. The molecule has 104 valence electrons. The molecule has 1 amide bonds. The van der Waals surface area contributed by atoms with E-state index in [9.17, 15) is 4.79 Å². The Balaban J connectivity index is 1.93. The predicted octanol–water partition coefficient (Wildman–Crippen LogP) is 2.79. The molecular weight excluding hydrogens is 318 g/mol. The number of rotatable bonds is 4. The van der Waals surface area contributed by atoms with Gasteiger partial charge < -0.3 is 11.1 Å². The lowest BCUT2D eigenvalue weighted by Gasteiger charge is -2.13. The SMILES string of the molecule is CC(Cc1ccc(Br)cc1)NC(=O)c1ccc(N)cn1. The molecule has 0 aliphatic carbocycles. The lowest BCUT2D eigenvalue weighted by molar-refractivity contribution is 0.0935. The number of nitrogens with zero attached hydrogens (tertiary/aromatic N) is 1. The Morgan fingerprint density at radius 2 is 2.00 bits per heavy atom. The van der Waals surface area contributed by atoms with E-state index in [1.54, 1.807) is 12.1 Å². The highest BCUT2D eigenvalue weighted by molar-refractivity contribution is 9.10. The minimum Gasteiger partial charge on any atom is -0.397 e. The van der Waals surface area contributed by atoms with Crippen LogP contribution in [0.4, 0.5) is 5.69 Å². The normalized spacial score (nSPS) is 11.9. The molecule has 2 rings (SSSR count). The molecule has 1 atom stereocenters. The number of benzene rings is 1. The molecule has 1 aromatic carbocycles. The van der Waals surface area contributed by atoms with Gasteiger partial charge in [0.25, 0.3) is 5.91 Å². The number of halogens is 1. The Labute approximate surface area is 126 Å². The molecule has 1 aromatic heterocycles. The van der Waals surface area contributed by atoms with Gasteiger partial charge in [-0.25, -0.2) is 4.98 Å². The molecule has 5 heteroatoms. The second kappa shape index (κ2) is 6.52. The zero-order chi connectivity index (χ0) is 14.5. The molecule has 20 heavy (non-hydrogen) atoms. The molecule has 0 aliphatic rings. The Morgan fingerprint density at radius 3 is 2.60 bits per heavy atom. The molecule has 0 radical (unpaired) electrons. The molecule has 4 nitrogen and oxygen atoms in total. The smallest absolute Gasteiger partial charge is 0.270 e. The van der Waals surface area contributed by atoms with Crippen LogP contribution in [0.15, 0.2) is 47.1 Å². The first-order valence-corrected chi connectivity index (χ1v) is 7.11. The van der Waals surface area contributed by atoms with Crippen molar-refractivity contribution < 1.29 is 4.79 Å². The molecule has 0 fully saturated rings. The van der Waals surface area contributed by atoms with Crippen LogP contribution in [0.5, 0.6) is 0 Å². The molecule has 2 aromatic rings. The number of amides is 1. The monoisotopic (exact) mass is 333 g/mol. The summed E-state index contributed by atoms with van der Waals surface area (Å²) in [7, 11) is 0. The number of nitrogens with two attached hydrogens (primary N) is 1. The molecular formula is C15H16BrN3O.